The molecule has 2 aromatic rings. The van der Waals surface area contributed by atoms with Crippen molar-refractivity contribution in [1.29, 1.82) is 0 Å². The fraction of sp³-hybridized carbons (Fsp3) is 0.409. The SMILES string of the molecule is COc1ccc(Cl)cc1S(=O)(=O)N1CCC[C@H](C(=O)N2c3ccccc3C[C@@H]2C)C1. The molecule has 1 fully saturated rings. The number of methoxy groups -OCH3 is 1. The summed E-state index contributed by atoms with van der Waals surface area (Å²) in [5.41, 5.74) is 2.09. The minimum atomic E-state index is -3.84. The van der Waals surface area contributed by atoms with Gasteiger partial charge in [0, 0.05) is 29.8 Å². The van der Waals surface area contributed by atoms with Crippen LogP contribution in [0, 0.1) is 5.92 Å². The van der Waals surface area contributed by atoms with Crippen LogP contribution in [-0.4, -0.2) is 44.9 Å². The molecule has 2 heterocycles. The Bertz CT molecular complexity index is 1070. The van der Waals surface area contributed by atoms with E-state index in [9.17, 15) is 13.2 Å². The highest BCUT2D eigenvalue weighted by Crippen LogP contribution is 2.36. The Morgan fingerprint density at radius 3 is 2.73 bits per heavy atom. The molecule has 8 heteroatoms. The van der Waals surface area contributed by atoms with E-state index in [0.717, 1.165) is 17.7 Å². The average molecular weight is 449 g/mol. The molecule has 6 nitrogen and oxygen atoms in total. The molecule has 0 N–H and O–H groups in total. The molecule has 2 aromatic carbocycles. The predicted molar refractivity (Wildman–Crippen MR) is 117 cm³/mol. The standard InChI is InChI=1S/C22H25ClN2O4S/c1-15-12-16-6-3-4-8-19(16)25(15)22(26)17-7-5-11-24(14-17)30(27,28)21-13-18(23)9-10-20(21)29-2/h3-4,6,8-10,13,15,17H,5,7,11-12,14H2,1-2H3/t15-,17-/m0/s1. The number of piperidine rings is 1. The van der Waals surface area contributed by atoms with E-state index in [1.165, 1.54) is 17.5 Å². The van der Waals surface area contributed by atoms with Gasteiger partial charge in [-0.05, 0) is 56.0 Å². The van der Waals surface area contributed by atoms with E-state index in [0.29, 0.717) is 24.4 Å². The van der Waals surface area contributed by atoms with Crippen LogP contribution in [0.1, 0.15) is 25.3 Å². The van der Waals surface area contributed by atoms with Crippen molar-refractivity contribution in [1.82, 2.24) is 4.31 Å². The zero-order valence-corrected chi connectivity index (χ0v) is 18.6. The van der Waals surface area contributed by atoms with Gasteiger partial charge in [0.25, 0.3) is 0 Å². The summed E-state index contributed by atoms with van der Waals surface area (Å²) in [6.45, 7) is 2.56. The van der Waals surface area contributed by atoms with Gasteiger partial charge in [0.15, 0.2) is 0 Å². The molecule has 0 radical (unpaired) electrons. The largest absolute Gasteiger partial charge is 0.495 e. The van der Waals surface area contributed by atoms with Crippen molar-refractivity contribution in [2.75, 3.05) is 25.1 Å². The molecule has 0 saturated carbocycles. The number of carbonyl (C=O) groups excluding carboxylic acids is 1. The number of halogens is 1. The predicted octanol–water partition coefficient (Wildman–Crippen LogP) is 3.73. The van der Waals surface area contributed by atoms with E-state index in [1.807, 2.05) is 36.1 Å². The zero-order chi connectivity index (χ0) is 21.5. The molecular formula is C22H25ClN2O4S. The fourth-order valence-corrected chi connectivity index (χ4v) is 6.39. The number of para-hydroxylation sites is 1. The number of hydrogen-bond donors (Lipinski definition) is 0. The maximum atomic E-state index is 13.4. The van der Waals surface area contributed by atoms with Gasteiger partial charge >= 0.3 is 0 Å². The van der Waals surface area contributed by atoms with Crippen molar-refractivity contribution in [3.05, 3.63) is 53.1 Å². The summed E-state index contributed by atoms with van der Waals surface area (Å²) >= 11 is 6.05. The second-order valence-electron chi connectivity index (χ2n) is 7.89. The van der Waals surface area contributed by atoms with Gasteiger partial charge in [-0.1, -0.05) is 29.8 Å². The molecule has 30 heavy (non-hydrogen) atoms. The minimum absolute atomic E-state index is 0.00888. The summed E-state index contributed by atoms with van der Waals surface area (Å²) in [6, 6.07) is 12.5. The summed E-state index contributed by atoms with van der Waals surface area (Å²) in [5.74, 6) is -0.146. The van der Waals surface area contributed by atoms with Gasteiger partial charge in [-0.25, -0.2) is 8.42 Å². The maximum Gasteiger partial charge on any atom is 0.246 e. The molecule has 0 aromatic heterocycles. The molecule has 1 saturated heterocycles. The topological polar surface area (TPSA) is 66.9 Å². The Labute approximate surface area is 182 Å². The number of ether oxygens (including phenoxy) is 1. The lowest BCUT2D eigenvalue weighted by Gasteiger charge is -2.34. The van der Waals surface area contributed by atoms with Gasteiger partial charge in [0.1, 0.15) is 10.6 Å². The molecule has 1 amide bonds. The number of anilines is 1. The Morgan fingerprint density at radius 2 is 1.97 bits per heavy atom. The smallest absolute Gasteiger partial charge is 0.246 e. The van der Waals surface area contributed by atoms with Crippen LogP contribution >= 0.6 is 11.6 Å². The van der Waals surface area contributed by atoms with Crippen LogP contribution in [0.3, 0.4) is 0 Å². The van der Waals surface area contributed by atoms with Crippen LogP contribution in [0.5, 0.6) is 5.75 Å². The van der Waals surface area contributed by atoms with Gasteiger partial charge in [0.2, 0.25) is 15.9 Å². The number of carbonyl (C=O) groups is 1. The first-order valence-corrected chi connectivity index (χ1v) is 11.9. The Morgan fingerprint density at radius 1 is 1.20 bits per heavy atom. The lowest BCUT2D eigenvalue weighted by atomic mass is 9.97. The van der Waals surface area contributed by atoms with Crippen molar-refractivity contribution in [3.63, 3.8) is 0 Å². The van der Waals surface area contributed by atoms with Gasteiger partial charge in [0.05, 0.1) is 13.0 Å². The second kappa shape index (κ2) is 8.21. The van der Waals surface area contributed by atoms with Crippen LogP contribution in [-0.2, 0) is 21.2 Å². The maximum absolute atomic E-state index is 13.4. The third kappa shape index (κ3) is 3.70. The van der Waals surface area contributed by atoms with Gasteiger partial charge in [-0.15, -0.1) is 0 Å². The molecule has 2 aliphatic rings. The first-order valence-electron chi connectivity index (χ1n) is 10.1. The average Bonchev–Trinajstić information content (AvgIpc) is 3.09. The second-order valence-corrected chi connectivity index (χ2v) is 10.2. The summed E-state index contributed by atoms with van der Waals surface area (Å²) in [4.78, 5) is 15.3. The number of hydrogen-bond acceptors (Lipinski definition) is 4. The normalized spacial score (nSPS) is 22.0. The highest BCUT2D eigenvalue weighted by atomic mass is 35.5. The number of nitrogens with zero attached hydrogens (tertiary/aromatic N) is 2. The highest BCUT2D eigenvalue weighted by Gasteiger charge is 2.39. The number of amides is 1. The van der Waals surface area contributed by atoms with Crippen LogP contribution < -0.4 is 9.64 Å². The fourth-order valence-electron chi connectivity index (χ4n) is 4.45. The van der Waals surface area contributed by atoms with Crippen molar-refractivity contribution < 1.29 is 17.9 Å². The van der Waals surface area contributed by atoms with E-state index >= 15 is 0 Å². The van der Waals surface area contributed by atoms with Crippen LogP contribution in [0.15, 0.2) is 47.4 Å². The molecule has 0 unspecified atom stereocenters. The van der Waals surface area contributed by atoms with E-state index in [4.69, 9.17) is 16.3 Å². The first kappa shape index (κ1) is 21.2. The van der Waals surface area contributed by atoms with E-state index in [2.05, 4.69) is 0 Å². The van der Waals surface area contributed by atoms with Crippen LogP contribution in [0.25, 0.3) is 0 Å². The summed E-state index contributed by atoms with van der Waals surface area (Å²) in [6.07, 6.45) is 2.11. The quantitative estimate of drug-likeness (QED) is 0.714. The van der Waals surface area contributed by atoms with E-state index in [-0.39, 0.29) is 35.1 Å². The third-order valence-electron chi connectivity index (χ3n) is 5.92. The molecule has 2 aliphatic heterocycles. The molecule has 4 rings (SSSR count). The minimum Gasteiger partial charge on any atom is -0.495 e. The number of sulfonamides is 1. The Hall–Kier alpha value is -2.09. The van der Waals surface area contributed by atoms with Gasteiger partial charge in [-0.2, -0.15) is 4.31 Å². The lowest BCUT2D eigenvalue weighted by Crippen LogP contribution is -2.48. The summed E-state index contributed by atoms with van der Waals surface area (Å²) < 4.78 is 33.3. The van der Waals surface area contributed by atoms with E-state index < -0.39 is 10.0 Å². The Balaban J connectivity index is 1.60. The molecule has 0 bridgehead atoms. The van der Waals surface area contributed by atoms with Crippen molar-refractivity contribution in [3.8, 4) is 5.75 Å². The van der Waals surface area contributed by atoms with Crippen LogP contribution in [0.2, 0.25) is 5.02 Å². The van der Waals surface area contributed by atoms with Crippen LogP contribution in [0.4, 0.5) is 5.69 Å². The molecule has 160 valence electrons. The molecule has 0 aliphatic carbocycles. The van der Waals surface area contributed by atoms with Gasteiger partial charge < -0.3 is 9.64 Å². The summed E-state index contributed by atoms with van der Waals surface area (Å²) in [5, 5.41) is 0.321. The lowest BCUT2D eigenvalue weighted by molar-refractivity contribution is -0.123. The van der Waals surface area contributed by atoms with E-state index in [1.54, 1.807) is 12.1 Å². The van der Waals surface area contributed by atoms with Crippen molar-refractivity contribution in [2.45, 2.75) is 37.1 Å². The number of rotatable bonds is 4. The molecular weight excluding hydrogens is 424 g/mol. The molecule has 2 atom stereocenters. The monoisotopic (exact) mass is 448 g/mol. The first-order chi connectivity index (χ1) is 14.3. The number of benzene rings is 2. The number of fused-ring (bicyclic) bond motifs is 1. The molecule has 0 spiro atoms. The third-order valence-corrected chi connectivity index (χ3v) is 8.04. The highest BCUT2D eigenvalue weighted by molar-refractivity contribution is 7.89. The van der Waals surface area contributed by atoms with Crippen molar-refractivity contribution in [2.24, 2.45) is 5.92 Å². The summed E-state index contributed by atoms with van der Waals surface area (Å²) in [7, 11) is -2.41. The van der Waals surface area contributed by atoms with Gasteiger partial charge in [-0.3, -0.25) is 4.79 Å². The Kier molecular flexibility index (Phi) is 5.79. The van der Waals surface area contributed by atoms with Crippen molar-refractivity contribution >= 4 is 33.2 Å². The zero-order valence-electron chi connectivity index (χ0n) is 17.0.